The minimum atomic E-state index is -1.47. The summed E-state index contributed by atoms with van der Waals surface area (Å²) < 4.78 is 14.7. The maximum Gasteiger partial charge on any atom is 0.322 e. The van der Waals surface area contributed by atoms with Gasteiger partial charge in [-0.1, -0.05) is 36.4 Å². The van der Waals surface area contributed by atoms with Crippen molar-refractivity contribution in [3.8, 4) is 11.1 Å². The predicted molar refractivity (Wildman–Crippen MR) is 122 cm³/mol. The number of amides is 4. The van der Waals surface area contributed by atoms with Crippen LogP contribution in [0.4, 0.5) is 9.18 Å². The molecule has 4 amide bonds. The van der Waals surface area contributed by atoms with Crippen molar-refractivity contribution in [2.75, 3.05) is 6.54 Å². The van der Waals surface area contributed by atoms with E-state index in [-0.39, 0.29) is 18.7 Å². The van der Waals surface area contributed by atoms with Crippen molar-refractivity contribution in [1.29, 1.82) is 0 Å². The number of fused-ring (bicyclic) bond motifs is 2. The summed E-state index contributed by atoms with van der Waals surface area (Å²) in [5.41, 5.74) is 4.40. The van der Waals surface area contributed by atoms with Crippen molar-refractivity contribution in [2.45, 2.75) is 12.1 Å². The van der Waals surface area contributed by atoms with Crippen LogP contribution in [0.2, 0.25) is 0 Å². The van der Waals surface area contributed by atoms with Gasteiger partial charge in [0.05, 0.1) is 34.4 Å². The number of carbonyl (C=O) groups is 3. The fourth-order valence-electron chi connectivity index (χ4n) is 4.49. The van der Waals surface area contributed by atoms with E-state index < -0.39 is 29.2 Å². The maximum absolute atomic E-state index is 13.6. The summed E-state index contributed by atoms with van der Waals surface area (Å²) in [7, 11) is 0. The fourth-order valence-corrected chi connectivity index (χ4v) is 5.21. The number of rotatable bonds is 4. The van der Waals surface area contributed by atoms with Crippen LogP contribution in [0.5, 0.6) is 0 Å². The molecule has 2 N–H and O–H groups in total. The predicted octanol–water partition coefficient (Wildman–Crippen LogP) is 3.39. The van der Waals surface area contributed by atoms with Gasteiger partial charge in [-0.2, -0.15) is 4.39 Å². The van der Waals surface area contributed by atoms with E-state index in [4.69, 9.17) is 0 Å². The molecule has 34 heavy (non-hydrogen) atoms. The van der Waals surface area contributed by atoms with Crippen LogP contribution in [-0.2, 0) is 16.9 Å². The highest BCUT2D eigenvalue weighted by molar-refractivity contribution is 7.16. The second kappa shape index (κ2) is 7.37. The molecular formula is C25H15FN4O3S. The Morgan fingerprint density at radius 2 is 1.85 bits per heavy atom. The van der Waals surface area contributed by atoms with Crippen molar-refractivity contribution >= 4 is 39.4 Å². The van der Waals surface area contributed by atoms with E-state index in [9.17, 15) is 18.8 Å². The minimum absolute atomic E-state index is 0.111. The van der Waals surface area contributed by atoms with Gasteiger partial charge in [-0.15, -0.1) is 11.3 Å². The average Bonchev–Trinajstić information content (AvgIpc) is 3.50. The SMILES string of the molecule is O=C1NC(=O)[C@@](CN2Cc3c#cc(F)cc3C2=O)(c2ccc(-c3ccc4ncsc4c3)cc2)N1. The first kappa shape index (κ1) is 20.3. The van der Waals surface area contributed by atoms with E-state index in [1.807, 2.05) is 24.3 Å². The molecule has 0 bridgehead atoms. The van der Waals surface area contributed by atoms with Crippen LogP contribution >= 0.6 is 11.3 Å². The number of halogens is 1. The molecule has 1 aromatic heterocycles. The molecule has 1 fully saturated rings. The van der Waals surface area contributed by atoms with Gasteiger partial charge in [-0.3, -0.25) is 14.9 Å². The molecule has 0 spiro atoms. The molecule has 0 aliphatic carbocycles. The molecule has 1 atom stereocenters. The molecule has 4 aromatic rings. The Hall–Kier alpha value is -4.29. The first-order valence-corrected chi connectivity index (χ1v) is 11.3. The van der Waals surface area contributed by atoms with E-state index in [0.29, 0.717) is 11.1 Å². The van der Waals surface area contributed by atoms with Crippen LogP contribution in [-0.4, -0.2) is 34.3 Å². The lowest BCUT2D eigenvalue weighted by Crippen LogP contribution is -2.52. The highest BCUT2D eigenvalue weighted by Crippen LogP contribution is 2.33. The van der Waals surface area contributed by atoms with Crippen molar-refractivity contribution < 1.29 is 18.8 Å². The number of nitrogens with zero attached hydrogens (tertiary/aromatic N) is 2. The summed E-state index contributed by atoms with van der Waals surface area (Å²) in [5, 5.41) is 4.99. The first-order valence-electron chi connectivity index (χ1n) is 10.4. The number of urea groups is 1. The molecule has 0 radical (unpaired) electrons. The summed E-state index contributed by atoms with van der Waals surface area (Å²) in [6, 6.07) is 18.7. The Labute approximate surface area is 197 Å². The quantitative estimate of drug-likeness (QED) is 0.448. The molecular weight excluding hydrogens is 455 g/mol. The van der Waals surface area contributed by atoms with Crippen LogP contribution in [0.1, 0.15) is 21.5 Å². The van der Waals surface area contributed by atoms with Gasteiger partial charge in [0.2, 0.25) is 0 Å². The molecule has 2 aliphatic heterocycles. The lowest BCUT2D eigenvalue weighted by atomic mass is 9.88. The van der Waals surface area contributed by atoms with Crippen LogP contribution in [0.15, 0.2) is 54.0 Å². The van der Waals surface area contributed by atoms with E-state index in [0.717, 1.165) is 27.4 Å². The van der Waals surface area contributed by atoms with Gasteiger partial charge < -0.3 is 10.2 Å². The van der Waals surface area contributed by atoms with Gasteiger partial charge in [0.15, 0.2) is 11.4 Å². The van der Waals surface area contributed by atoms with Gasteiger partial charge in [-0.05, 0) is 41.0 Å². The number of carbonyl (C=O) groups excluding carboxylic acids is 3. The third-order valence-corrected chi connectivity index (χ3v) is 7.00. The molecule has 166 valence electrons. The van der Waals surface area contributed by atoms with Gasteiger partial charge in [0.1, 0.15) is 0 Å². The van der Waals surface area contributed by atoms with Crippen LogP contribution in [0.3, 0.4) is 0 Å². The van der Waals surface area contributed by atoms with Gasteiger partial charge in [0.25, 0.3) is 11.8 Å². The monoisotopic (exact) mass is 470 g/mol. The Kier molecular flexibility index (Phi) is 4.40. The van der Waals surface area contributed by atoms with Crippen molar-refractivity contribution in [3.05, 3.63) is 88.7 Å². The summed E-state index contributed by atoms with van der Waals surface area (Å²) in [4.78, 5) is 43.7. The molecule has 9 heteroatoms. The normalized spacial score (nSPS) is 19.2. The minimum Gasteiger partial charge on any atom is -0.330 e. The summed E-state index contributed by atoms with van der Waals surface area (Å²) >= 11 is 1.56. The molecule has 6 rings (SSSR count). The number of hydrogen-bond acceptors (Lipinski definition) is 5. The number of benzene rings is 2. The third kappa shape index (κ3) is 3.11. The zero-order valence-electron chi connectivity index (χ0n) is 17.5. The van der Waals surface area contributed by atoms with E-state index in [1.165, 1.54) is 4.90 Å². The third-order valence-electron chi connectivity index (χ3n) is 6.21. The Morgan fingerprint density at radius 3 is 2.62 bits per heavy atom. The number of thiazole rings is 1. The van der Waals surface area contributed by atoms with Crippen molar-refractivity contribution in [3.63, 3.8) is 0 Å². The number of nitrogens with one attached hydrogen (secondary N) is 2. The summed E-state index contributed by atoms with van der Waals surface area (Å²) in [6.45, 7) is 0.0303. The smallest absolute Gasteiger partial charge is 0.322 e. The maximum atomic E-state index is 13.6. The topological polar surface area (TPSA) is 91.4 Å². The van der Waals surface area contributed by atoms with Gasteiger partial charge in [0, 0.05) is 5.56 Å². The molecule has 3 aromatic carbocycles. The molecule has 3 heterocycles. The largest absolute Gasteiger partial charge is 0.330 e. The highest BCUT2D eigenvalue weighted by atomic mass is 32.1. The molecule has 1 saturated heterocycles. The fraction of sp³-hybridized carbons (Fsp3) is 0.120. The van der Waals surface area contributed by atoms with Crippen LogP contribution in [0, 0.1) is 17.9 Å². The number of imide groups is 1. The Bertz CT molecular complexity index is 1500. The molecule has 2 aliphatic rings. The van der Waals surface area contributed by atoms with E-state index in [2.05, 4.69) is 33.8 Å². The standard InChI is InChI=1S/C25H15FN4O3S/c26-18-7-3-16-11-30(22(31)19(16)10-18)12-25(23(32)28-24(33)29-25)17-5-1-14(2-6-17)15-4-8-20-21(9-15)34-13-27-20/h1-2,4-6,8-10,13H,11-12H2,(H2,28,29,32,33)/t25-/m1/s1. The van der Waals surface area contributed by atoms with E-state index in [1.54, 1.807) is 29.0 Å². The van der Waals surface area contributed by atoms with Crippen molar-refractivity contribution in [2.24, 2.45) is 0 Å². The second-order valence-corrected chi connectivity index (χ2v) is 9.11. The lowest BCUT2D eigenvalue weighted by Gasteiger charge is -2.31. The molecule has 0 saturated carbocycles. The number of hydrogen-bond donors (Lipinski definition) is 2. The Morgan fingerprint density at radius 1 is 1.06 bits per heavy atom. The highest BCUT2D eigenvalue weighted by Gasteiger charge is 2.50. The van der Waals surface area contributed by atoms with Crippen LogP contribution in [0.25, 0.3) is 21.3 Å². The zero-order chi connectivity index (χ0) is 23.4. The number of aromatic nitrogens is 1. The van der Waals surface area contributed by atoms with Crippen molar-refractivity contribution in [1.82, 2.24) is 20.5 Å². The summed E-state index contributed by atoms with van der Waals surface area (Å²) in [6.07, 6.45) is 0. The lowest BCUT2D eigenvalue weighted by molar-refractivity contribution is -0.124. The Balaban J connectivity index is 1.34. The van der Waals surface area contributed by atoms with E-state index >= 15 is 0 Å². The molecule has 7 nitrogen and oxygen atoms in total. The summed E-state index contributed by atoms with van der Waals surface area (Å²) in [5.74, 6) is -1.66. The van der Waals surface area contributed by atoms with Gasteiger partial charge >= 0.3 is 6.03 Å². The zero-order valence-corrected chi connectivity index (χ0v) is 18.3. The van der Waals surface area contributed by atoms with Gasteiger partial charge in [-0.25, -0.2) is 9.78 Å². The second-order valence-electron chi connectivity index (χ2n) is 8.22. The first-order chi connectivity index (χ1) is 16.4. The average molecular weight is 470 g/mol. The van der Waals surface area contributed by atoms with Crippen LogP contribution < -0.4 is 10.6 Å². The molecule has 0 unspecified atom stereocenters.